The smallest absolute Gasteiger partial charge is 0.340 e. The molecule has 2 aromatic heterocycles. The summed E-state index contributed by atoms with van der Waals surface area (Å²) in [5.74, 6) is 1.60. The number of piperidine rings is 1. The van der Waals surface area contributed by atoms with Gasteiger partial charge in [0.2, 0.25) is 0 Å². The van der Waals surface area contributed by atoms with Gasteiger partial charge in [-0.25, -0.2) is 9.89 Å². The summed E-state index contributed by atoms with van der Waals surface area (Å²) in [5, 5.41) is 7.21. The number of para-hydroxylation sites is 1. The Kier molecular flexibility index (Phi) is 3.79. The van der Waals surface area contributed by atoms with Crippen LogP contribution in [-0.4, -0.2) is 46.2 Å². The molecule has 1 aliphatic heterocycles. The highest BCUT2D eigenvalue weighted by molar-refractivity contribution is 5.97. The Balaban J connectivity index is 1.50. The molecule has 1 aromatic carbocycles. The minimum absolute atomic E-state index is 0.132. The van der Waals surface area contributed by atoms with Crippen LogP contribution in [0, 0.1) is 0 Å². The number of H-pyrrole nitrogens is 2. The molecule has 4 rings (SSSR count). The first-order valence-corrected chi connectivity index (χ1v) is 8.16. The lowest BCUT2D eigenvalue weighted by atomic mass is 9.96. The van der Waals surface area contributed by atoms with Gasteiger partial charge in [-0.15, -0.1) is 0 Å². The number of amides is 1. The number of rotatable bonds is 3. The Hall–Kier alpha value is -3.03. The van der Waals surface area contributed by atoms with Gasteiger partial charge in [0.1, 0.15) is 5.82 Å². The summed E-state index contributed by atoms with van der Waals surface area (Å²) in [5.41, 5.74) is 0.280. The third-order valence-electron chi connectivity index (χ3n) is 4.63. The van der Waals surface area contributed by atoms with E-state index >= 15 is 0 Å². The molecule has 0 atom stereocenters. The number of carbonyl (C=O) groups is 1. The Bertz CT molecular complexity index is 962. The number of benzene rings is 1. The molecule has 0 saturated carbocycles. The summed E-state index contributed by atoms with van der Waals surface area (Å²) >= 11 is 0. The molecule has 8 heteroatoms. The van der Waals surface area contributed by atoms with Crippen molar-refractivity contribution < 1.29 is 13.9 Å². The first kappa shape index (κ1) is 15.5. The van der Waals surface area contributed by atoms with Crippen LogP contribution in [0.15, 0.2) is 33.5 Å². The van der Waals surface area contributed by atoms with E-state index in [-0.39, 0.29) is 17.5 Å². The molecule has 0 spiro atoms. The summed E-state index contributed by atoms with van der Waals surface area (Å²) in [7, 11) is 1.57. The zero-order valence-corrected chi connectivity index (χ0v) is 13.7. The van der Waals surface area contributed by atoms with Crippen molar-refractivity contribution in [2.75, 3.05) is 20.2 Å². The molecule has 130 valence electrons. The van der Waals surface area contributed by atoms with E-state index in [1.165, 1.54) is 0 Å². The maximum Gasteiger partial charge on any atom is 0.340 e. The molecule has 25 heavy (non-hydrogen) atoms. The molecule has 1 aliphatic rings. The predicted molar refractivity (Wildman–Crippen MR) is 89.9 cm³/mol. The van der Waals surface area contributed by atoms with E-state index in [9.17, 15) is 9.59 Å². The highest BCUT2D eigenvalue weighted by Crippen LogP contribution is 2.30. The second kappa shape index (κ2) is 6.12. The highest BCUT2D eigenvalue weighted by Gasteiger charge is 2.28. The minimum atomic E-state index is -0.301. The number of nitrogens with one attached hydrogen (secondary N) is 2. The van der Waals surface area contributed by atoms with Gasteiger partial charge in [0.25, 0.3) is 5.91 Å². The first-order valence-electron chi connectivity index (χ1n) is 8.16. The van der Waals surface area contributed by atoms with Crippen molar-refractivity contribution in [2.24, 2.45) is 0 Å². The summed E-state index contributed by atoms with van der Waals surface area (Å²) in [6.45, 7) is 1.18. The maximum absolute atomic E-state index is 12.7. The van der Waals surface area contributed by atoms with Gasteiger partial charge < -0.3 is 14.1 Å². The molecule has 8 nitrogen and oxygen atoms in total. The van der Waals surface area contributed by atoms with Crippen LogP contribution in [0.25, 0.3) is 11.0 Å². The third kappa shape index (κ3) is 2.79. The predicted octanol–water partition coefficient (Wildman–Crippen LogP) is 1.87. The van der Waals surface area contributed by atoms with E-state index in [0.29, 0.717) is 36.0 Å². The van der Waals surface area contributed by atoms with Crippen molar-refractivity contribution in [2.45, 2.75) is 18.8 Å². The fraction of sp³-hybridized carbons (Fsp3) is 0.353. The fourth-order valence-corrected chi connectivity index (χ4v) is 3.29. The molecule has 0 bridgehead atoms. The molecule has 3 heterocycles. The standard InChI is InChI=1S/C17H18N4O4/c1-24-12-4-2-3-11-9-13(25-14(11)12)16(22)21-7-5-10(6-8-21)15-18-17(23)20-19-15/h2-4,9-10H,5-8H2,1H3,(H2,18,19,20,23). The van der Waals surface area contributed by atoms with Crippen molar-refractivity contribution in [3.63, 3.8) is 0 Å². The normalized spacial score (nSPS) is 15.6. The van der Waals surface area contributed by atoms with Crippen LogP contribution in [-0.2, 0) is 0 Å². The van der Waals surface area contributed by atoms with E-state index in [2.05, 4.69) is 15.2 Å². The highest BCUT2D eigenvalue weighted by atomic mass is 16.5. The number of nitrogens with zero attached hydrogens (tertiary/aromatic N) is 2. The Labute approximate surface area is 142 Å². The number of fused-ring (bicyclic) bond motifs is 1. The summed E-state index contributed by atoms with van der Waals surface area (Å²) < 4.78 is 11.0. The van der Waals surface area contributed by atoms with Crippen LogP contribution in [0.3, 0.4) is 0 Å². The quantitative estimate of drug-likeness (QED) is 0.756. The van der Waals surface area contributed by atoms with Crippen LogP contribution in [0.4, 0.5) is 0 Å². The van der Waals surface area contributed by atoms with Crippen molar-refractivity contribution in [3.05, 3.63) is 46.3 Å². The molecular formula is C17H18N4O4. The van der Waals surface area contributed by atoms with Crippen LogP contribution in [0.5, 0.6) is 5.75 Å². The fourth-order valence-electron chi connectivity index (χ4n) is 3.29. The molecule has 3 aromatic rings. The Morgan fingerprint density at radius 2 is 2.16 bits per heavy atom. The van der Waals surface area contributed by atoms with E-state index in [4.69, 9.17) is 9.15 Å². The van der Waals surface area contributed by atoms with Crippen molar-refractivity contribution in [3.8, 4) is 5.75 Å². The van der Waals surface area contributed by atoms with E-state index < -0.39 is 0 Å². The zero-order valence-electron chi connectivity index (χ0n) is 13.7. The van der Waals surface area contributed by atoms with Gasteiger partial charge in [-0.2, -0.15) is 5.10 Å². The molecule has 0 radical (unpaired) electrons. The number of furan rings is 1. The summed E-state index contributed by atoms with van der Waals surface area (Å²) in [6, 6.07) is 7.30. The minimum Gasteiger partial charge on any atom is -0.493 e. The Morgan fingerprint density at radius 1 is 1.36 bits per heavy atom. The average Bonchev–Trinajstić information content (AvgIpc) is 3.27. The van der Waals surface area contributed by atoms with Gasteiger partial charge in [-0.3, -0.25) is 9.78 Å². The maximum atomic E-state index is 12.7. The molecule has 1 saturated heterocycles. The van der Waals surface area contributed by atoms with Gasteiger partial charge in [-0.1, -0.05) is 12.1 Å². The second-order valence-electron chi connectivity index (χ2n) is 6.12. The van der Waals surface area contributed by atoms with E-state index in [0.717, 1.165) is 18.2 Å². The topological polar surface area (TPSA) is 104 Å². The van der Waals surface area contributed by atoms with Crippen LogP contribution < -0.4 is 10.4 Å². The van der Waals surface area contributed by atoms with Crippen molar-refractivity contribution in [1.82, 2.24) is 20.1 Å². The molecular weight excluding hydrogens is 324 g/mol. The number of ether oxygens (including phenoxy) is 1. The van der Waals surface area contributed by atoms with Gasteiger partial charge >= 0.3 is 5.69 Å². The number of methoxy groups -OCH3 is 1. The van der Waals surface area contributed by atoms with Gasteiger partial charge in [0.15, 0.2) is 17.1 Å². The monoisotopic (exact) mass is 342 g/mol. The molecule has 2 N–H and O–H groups in total. The van der Waals surface area contributed by atoms with Gasteiger partial charge in [0, 0.05) is 24.4 Å². The van der Waals surface area contributed by atoms with Crippen LogP contribution >= 0.6 is 0 Å². The third-order valence-corrected chi connectivity index (χ3v) is 4.63. The molecule has 0 unspecified atom stereocenters. The van der Waals surface area contributed by atoms with Gasteiger partial charge in [0.05, 0.1) is 7.11 Å². The number of hydrogen-bond acceptors (Lipinski definition) is 5. The number of aromatic nitrogens is 3. The molecule has 1 amide bonds. The first-order chi connectivity index (χ1) is 12.2. The van der Waals surface area contributed by atoms with Crippen molar-refractivity contribution in [1.29, 1.82) is 0 Å². The van der Waals surface area contributed by atoms with E-state index in [1.54, 1.807) is 24.1 Å². The van der Waals surface area contributed by atoms with Crippen molar-refractivity contribution >= 4 is 16.9 Å². The Morgan fingerprint density at radius 3 is 2.84 bits per heavy atom. The summed E-state index contributed by atoms with van der Waals surface area (Å²) in [6.07, 6.45) is 1.49. The average molecular weight is 342 g/mol. The lowest BCUT2D eigenvalue weighted by molar-refractivity contribution is 0.0681. The van der Waals surface area contributed by atoms with Crippen LogP contribution in [0.1, 0.15) is 35.1 Å². The number of aromatic amines is 2. The number of carbonyl (C=O) groups excluding carboxylic acids is 1. The molecule has 0 aliphatic carbocycles. The number of likely N-dealkylation sites (tertiary alicyclic amines) is 1. The van der Waals surface area contributed by atoms with E-state index in [1.807, 2.05) is 12.1 Å². The lowest BCUT2D eigenvalue weighted by Crippen LogP contribution is -2.38. The van der Waals surface area contributed by atoms with Gasteiger partial charge in [-0.05, 0) is 25.0 Å². The lowest BCUT2D eigenvalue weighted by Gasteiger charge is -2.30. The summed E-state index contributed by atoms with van der Waals surface area (Å²) in [4.78, 5) is 28.4. The number of hydrogen-bond donors (Lipinski definition) is 2. The SMILES string of the molecule is COc1cccc2cc(C(=O)N3CCC(c4n[nH]c(=O)[nH]4)CC3)oc12. The largest absolute Gasteiger partial charge is 0.493 e. The zero-order chi connectivity index (χ0) is 17.4. The van der Waals surface area contributed by atoms with Crippen LogP contribution in [0.2, 0.25) is 0 Å². The molecule has 1 fully saturated rings. The second-order valence-corrected chi connectivity index (χ2v) is 6.12.